The molecule has 0 atom stereocenters. The van der Waals surface area contributed by atoms with Crippen molar-refractivity contribution in [3.63, 3.8) is 0 Å². The van der Waals surface area contributed by atoms with E-state index in [1.165, 1.54) is 5.56 Å². The summed E-state index contributed by atoms with van der Waals surface area (Å²) in [6.07, 6.45) is 0. The normalized spacial score (nSPS) is 10.7. The molecule has 0 aliphatic rings. The summed E-state index contributed by atoms with van der Waals surface area (Å²) in [5.74, 6) is 1.53. The summed E-state index contributed by atoms with van der Waals surface area (Å²) >= 11 is 1.68. The van der Waals surface area contributed by atoms with Crippen molar-refractivity contribution in [3.8, 4) is 11.3 Å². The third-order valence-electron chi connectivity index (χ3n) is 3.16. The lowest BCUT2D eigenvalue weighted by Crippen LogP contribution is -1.89. The molecule has 0 aliphatic heterocycles. The molecule has 1 aromatic heterocycles. The fourth-order valence-corrected chi connectivity index (χ4v) is 2.98. The molecule has 21 heavy (non-hydrogen) atoms. The fourth-order valence-electron chi connectivity index (χ4n) is 2.04. The van der Waals surface area contributed by atoms with Gasteiger partial charge in [0, 0.05) is 28.0 Å². The van der Waals surface area contributed by atoms with Crippen LogP contribution in [-0.2, 0) is 5.75 Å². The number of nitrogen functional groups attached to an aromatic ring is 1. The lowest BCUT2D eigenvalue weighted by atomic mass is 10.2. The maximum absolute atomic E-state index is 5.99. The van der Waals surface area contributed by atoms with Crippen LogP contribution in [0.2, 0.25) is 0 Å². The SMILES string of the molecule is Cc1ccc(N)c(SCc2cc(-c3ccccc3)on2)c1. The van der Waals surface area contributed by atoms with Crippen molar-refractivity contribution < 1.29 is 4.52 Å². The highest BCUT2D eigenvalue weighted by Gasteiger charge is 2.08. The lowest BCUT2D eigenvalue weighted by Gasteiger charge is -2.04. The Balaban J connectivity index is 1.72. The van der Waals surface area contributed by atoms with Crippen molar-refractivity contribution in [2.75, 3.05) is 5.73 Å². The summed E-state index contributed by atoms with van der Waals surface area (Å²) in [6.45, 7) is 2.06. The minimum Gasteiger partial charge on any atom is -0.398 e. The van der Waals surface area contributed by atoms with E-state index in [9.17, 15) is 0 Å². The van der Waals surface area contributed by atoms with E-state index >= 15 is 0 Å². The number of hydrogen-bond donors (Lipinski definition) is 1. The van der Waals surface area contributed by atoms with Crippen LogP contribution in [0, 0.1) is 6.92 Å². The van der Waals surface area contributed by atoms with E-state index < -0.39 is 0 Å². The van der Waals surface area contributed by atoms with Crippen LogP contribution >= 0.6 is 11.8 Å². The van der Waals surface area contributed by atoms with Gasteiger partial charge in [-0.25, -0.2) is 0 Å². The average molecular weight is 296 g/mol. The maximum Gasteiger partial charge on any atom is 0.167 e. The predicted molar refractivity (Wildman–Crippen MR) is 87.1 cm³/mol. The van der Waals surface area contributed by atoms with Crippen molar-refractivity contribution in [1.82, 2.24) is 5.16 Å². The number of anilines is 1. The van der Waals surface area contributed by atoms with Gasteiger partial charge in [-0.15, -0.1) is 11.8 Å². The van der Waals surface area contributed by atoms with E-state index in [1.807, 2.05) is 48.5 Å². The number of benzene rings is 2. The van der Waals surface area contributed by atoms with E-state index in [0.717, 1.165) is 33.4 Å². The van der Waals surface area contributed by atoms with Crippen LogP contribution in [0.3, 0.4) is 0 Å². The number of nitrogens with zero attached hydrogens (tertiary/aromatic N) is 1. The van der Waals surface area contributed by atoms with E-state index in [4.69, 9.17) is 10.3 Å². The Morgan fingerprint density at radius 2 is 1.90 bits per heavy atom. The average Bonchev–Trinajstić information content (AvgIpc) is 2.98. The molecule has 0 bridgehead atoms. The van der Waals surface area contributed by atoms with Crippen LogP contribution in [0.15, 0.2) is 64.0 Å². The van der Waals surface area contributed by atoms with Gasteiger partial charge in [-0.2, -0.15) is 0 Å². The Bertz CT molecular complexity index is 738. The standard InChI is InChI=1S/C17H16N2OS/c1-12-7-8-15(18)17(9-12)21-11-14-10-16(20-19-14)13-5-3-2-4-6-13/h2-10H,11,18H2,1H3. The molecule has 2 N–H and O–H groups in total. The van der Waals surface area contributed by atoms with Gasteiger partial charge >= 0.3 is 0 Å². The number of aryl methyl sites for hydroxylation is 1. The molecule has 3 nitrogen and oxygen atoms in total. The first-order chi connectivity index (χ1) is 10.2. The molecular formula is C17H16N2OS. The number of hydrogen-bond acceptors (Lipinski definition) is 4. The first kappa shape index (κ1) is 13.8. The molecule has 0 unspecified atom stereocenters. The Labute approximate surface area is 128 Å². The Morgan fingerprint density at radius 3 is 2.71 bits per heavy atom. The zero-order valence-corrected chi connectivity index (χ0v) is 12.6. The Morgan fingerprint density at radius 1 is 1.10 bits per heavy atom. The Kier molecular flexibility index (Phi) is 3.97. The van der Waals surface area contributed by atoms with Gasteiger partial charge in [0.1, 0.15) is 0 Å². The monoisotopic (exact) mass is 296 g/mol. The van der Waals surface area contributed by atoms with Crippen LogP contribution in [0.5, 0.6) is 0 Å². The molecule has 2 aromatic carbocycles. The van der Waals surface area contributed by atoms with Crippen LogP contribution in [0.4, 0.5) is 5.69 Å². The first-order valence-electron chi connectivity index (χ1n) is 6.72. The smallest absolute Gasteiger partial charge is 0.167 e. The zero-order chi connectivity index (χ0) is 14.7. The third kappa shape index (κ3) is 3.28. The largest absolute Gasteiger partial charge is 0.398 e. The van der Waals surface area contributed by atoms with E-state index in [0.29, 0.717) is 0 Å². The summed E-state index contributed by atoms with van der Waals surface area (Å²) in [4.78, 5) is 1.08. The molecule has 0 spiro atoms. The van der Waals surface area contributed by atoms with Crippen molar-refractivity contribution in [3.05, 3.63) is 65.9 Å². The molecule has 3 aromatic rings. The highest BCUT2D eigenvalue weighted by Crippen LogP contribution is 2.30. The molecule has 0 aliphatic carbocycles. The number of rotatable bonds is 4. The van der Waals surface area contributed by atoms with Gasteiger partial charge in [-0.1, -0.05) is 41.6 Å². The van der Waals surface area contributed by atoms with Crippen molar-refractivity contribution >= 4 is 17.4 Å². The quantitative estimate of drug-likeness (QED) is 0.568. The van der Waals surface area contributed by atoms with Gasteiger partial charge in [-0.3, -0.25) is 0 Å². The highest BCUT2D eigenvalue weighted by atomic mass is 32.2. The highest BCUT2D eigenvalue weighted by molar-refractivity contribution is 7.98. The zero-order valence-electron chi connectivity index (χ0n) is 11.7. The lowest BCUT2D eigenvalue weighted by molar-refractivity contribution is 0.426. The molecule has 4 heteroatoms. The fraction of sp³-hybridized carbons (Fsp3) is 0.118. The van der Waals surface area contributed by atoms with Crippen LogP contribution in [0.25, 0.3) is 11.3 Å². The van der Waals surface area contributed by atoms with Crippen LogP contribution in [-0.4, -0.2) is 5.16 Å². The van der Waals surface area contributed by atoms with Gasteiger partial charge < -0.3 is 10.3 Å². The second-order valence-corrected chi connectivity index (χ2v) is 5.90. The molecule has 3 rings (SSSR count). The third-order valence-corrected chi connectivity index (χ3v) is 4.27. The molecule has 0 saturated carbocycles. The van der Waals surface area contributed by atoms with Gasteiger partial charge in [0.15, 0.2) is 5.76 Å². The minimum absolute atomic E-state index is 0.740. The Hall–Kier alpha value is -2.20. The van der Waals surface area contributed by atoms with Gasteiger partial charge in [0.25, 0.3) is 0 Å². The van der Waals surface area contributed by atoms with Crippen molar-refractivity contribution in [2.24, 2.45) is 0 Å². The molecule has 106 valence electrons. The summed E-state index contributed by atoms with van der Waals surface area (Å²) in [5, 5.41) is 4.12. The summed E-state index contributed by atoms with van der Waals surface area (Å²) in [7, 11) is 0. The molecular weight excluding hydrogens is 280 g/mol. The van der Waals surface area contributed by atoms with Crippen molar-refractivity contribution in [1.29, 1.82) is 0 Å². The van der Waals surface area contributed by atoms with Gasteiger partial charge in [0.05, 0.1) is 5.69 Å². The summed E-state index contributed by atoms with van der Waals surface area (Å²) < 4.78 is 5.40. The number of nitrogens with two attached hydrogens (primary N) is 1. The molecule has 0 fully saturated rings. The van der Waals surface area contributed by atoms with E-state index in [1.54, 1.807) is 11.8 Å². The van der Waals surface area contributed by atoms with Crippen LogP contribution < -0.4 is 5.73 Å². The number of thioether (sulfide) groups is 1. The van der Waals surface area contributed by atoms with Crippen LogP contribution in [0.1, 0.15) is 11.3 Å². The van der Waals surface area contributed by atoms with Crippen molar-refractivity contribution in [2.45, 2.75) is 17.6 Å². The topological polar surface area (TPSA) is 52.0 Å². The van der Waals surface area contributed by atoms with Gasteiger partial charge in [-0.05, 0) is 24.6 Å². The number of aromatic nitrogens is 1. The summed E-state index contributed by atoms with van der Waals surface area (Å²) in [6, 6.07) is 18.0. The second-order valence-electron chi connectivity index (χ2n) is 4.88. The molecule has 0 saturated heterocycles. The molecule has 1 heterocycles. The first-order valence-corrected chi connectivity index (χ1v) is 7.71. The molecule has 0 amide bonds. The predicted octanol–water partition coefficient (Wildman–Crippen LogP) is 4.52. The van der Waals surface area contributed by atoms with E-state index in [2.05, 4.69) is 18.1 Å². The second kappa shape index (κ2) is 6.06. The summed E-state index contributed by atoms with van der Waals surface area (Å²) in [5.41, 5.74) is 9.95. The minimum atomic E-state index is 0.740. The van der Waals surface area contributed by atoms with E-state index in [-0.39, 0.29) is 0 Å². The maximum atomic E-state index is 5.99. The molecule has 0 radical (unpaired) electrons. The van der Waals surface area contributed by atoms with Gasteiger partial charge in [0.2, 0.25) is 0 Å².